The van der Waals surface area contributed by atoms with Crippen molar-refractivity contribution in [2.45, 2.75) is 0 Å². The minimum Gasteiger partial charge on any atom is -0.324 e. The van der Waals surface area contributed by atoms with E-state index in [0.717, 1.165) is 22.7 Å². The molecule has 0 spiro atoms. The Morgan fingerprint density at radius 2 is 1.75 bits per heavy atom. The molecule has 0 saturated carbocycles. The van der Waals surface area contributed by atoms with Crippen LogP contribution >= 0.6 is 23.2 Å². The summed E-state index contributed by atoms with van der Waals surface area (Å²) in [6.07, 6.45) is 0.961. The van der Waals surface area contributed by atoms with E-state index in [0.29, 0.717) is 10.7 Å². The van der Waals surface area contributed by atoms with Crippen molar-refractivity contribution in [2.24, 2.45) is 0 Å². The Kier molecular flexibility index (Phi) is 5.69. The number of rotatable bonds is 5. The molecule has 1 N–H and O–H groups in total. The minimum absolute atomic E-state index is 0.184. The Morgan fingerprint density at radius 3 is 2.29 bits per heavy atom. The lowest BCUT2D eigenvalue weighted by Gasteiger charge is -2.21. The Labute approximate surface area is 149 Å². The van der Waals surface area contributed by atoms with Gasteiger partial charge in [0.25, 0.3) is 0 Å². The Hall–Kier alpha value is -1.83. The van der Waals surface area contributed by atoms with Gasteiger partial charge in [0, 0.05) is 5.69 Å². The van der Waals surface area contributed by atoms with E-state index >= 15 is 0 Å². The van der Waals surface area contributed by atoms with E-state index in [1.807, 2.05) is 0 Å². The van der Waals surface area contributed by atoms with E-state index in [2.05, 4.69) is 5.32 Å². The lowest BCUT2D eigenvalue weighted by Crippen LogP contribution is -2.37. The topological polar surface area (TPSA) is 66.5 Å². The molecular formula is C15H13Cl2FN2O3S. The summed E-state index contributed by atoms with van der Waals surface area (Å²) in [5.74, 6) is -1.09. The molecule has 0 radical (unpaired) electrons. The number of nitrogens with one attached hydrogen (secondary N) is 1. The smallest absolute Gasteiger partial charge is 0.245 e. The molecule has 0 bridgehead atoms. The van der Waals surface area contributed by atoms with Crippen molar-refractivity contribution in [1.82, 2.24) is 0 Å². The summed E-state index contributed by atoms with van der Waals surface area (Å²) in [5.41, 5.74) is 0.560. The maximum atomic E-state index is 13.0. The molecule has 9 heteroatoms. The third-order valence-corrected chi connectivity index (χ3v) is 4.89. The molecule has 2 aromatic rings. The van der Waals surface area contributed by atoms with Crippen LogP contribution in [0.25, 0.3) is 0 Å². The van der Waals surface area contributed by atoms with Crippen LogP contribution in [-0.4, -0.2) is 27.1 Å². The number of carbonyl (C=O) groups is 1. The SMILES string of the molecule is CS(=O)(=O)N(CC(=O)Nc1ccc(Cl)c(Cl)c1)c1ccc(F)cc1. The fourth-order valence-corrected chi connectivity index (χ4v) is 3.07. The van der Waals surface area contributed by atoms with Gasteiger partial charge in [-0.2, -0.15) is 0 Å². The predicted molar refractivity (Wildman–Crippen MR) is 93.7 cm³/mol. The summed E-state index contributed by atoms with van der Waals surface area (Å²) < 4.78 is 37.7. The van der Waals surface area contributed by atoms with Crippen LogP contribution in [0.1, 0.15) is 0 Å². The molecule has 128 valence electrons. The zero-order valence-corrected chi connectivity index (χ0v) is 14.8. The highest BCUT2D eigenvalue weighted by molar-refractivity contribution is 7.92. The summed E-state index contributed by atoms with van der Waals surface area (Å²) in [4.78, 5) is 12.1. The summed E-state index contributed by atoms with van der Waals surface area (Å²) in [6, 6.07) is 9.29. The van der Waals surface area contributed by atoms with Crippen molar-refractivity contribution in [3.05, 3.63) is 58.3 Å². The lowest BCUT2D eigenvalue weighted by atomic mass is 10.3. The van der Waals surface area contributed by atoms with Gasteiger partial charge in [-0.15, -0.1) is 0 Å². The molecule has 0 unspecified atom stereocenters. The number of carbonyl (C=O) groups excluding carboxylic acids is 1. The van der Waals surface area contributed by atoms with Gasteiger partial charge in [-0.3, -0.25) is 9.10 Å². The number of benzene rings is 2. The average molecular weight is 391 g/mol. The molecular weight excluding hydrogens is 378 g/mol. The number of hydrogen-bond donors (Lipinski definition) is 1. The first-order valence-corrected chi connectivity index (χ1v) is 9.25. The Morgan fingerprint density at radius 1 is 1.12 bits per heavy atom. The third-order valence-electron chi connectivity index (χ3n) is 3.01. The van der Waals surface area contributed by atoms with Gasteiger partial charge < -0.3 is 5.32 Å². The van der Waals surface area contributed by atoms with Crippen molar-refractivity contribution < 1.29 is 17.6 Å². The largest absolute Gasteiger partial charge is 0.324 e. The quantitative estimate of drug-likeness (QED) is 0.848. The van der Waals surface area contributed by atoms with E-state index in [9.17, 15) is 17.6 Å². The summed E-state index contributed by atoms with van der Waals surface area (Å²) in [7, 11) is -3.73. The number of halogens is 3. The molecule has 0 aliphatic carbocycles. The minimum atomic E-state index is -3.73. The van der Waals surface area contributed by atoms with Gasteiger partial charge in [-0.25, -0.2) is 12.8 Å². The molecule has 0 aromatic heterocycles. The molecule has 24 heavy (non-hydrogen) atoms. The first-order valence-electron chi connectivity index (χ1n) is 6.65. The number of amides is 1. The number of hydrogen-bond acceptors (Lipinski definition) is 3. The van der Waals surface area contributed by atoms with Gasteiger partial charge in [0.1, 0.15) is 12.4 Å². The number of nitrogens with zero attached hydrogens (tertiary/aromatic N) is 1. The lowest BCUT2D eigenvalue weighted by molar-refractivity contribution is -0.114. The van der Waals surface area contributed by atoms with Crippen molar-refractivity contribution in [3.63, 3.8) is 0 Å². The van der Waals surface area contributed by atoms with Crippen molar-refractivity contribution >= 4 is 50.5 Å². The maximum absolute atomic E-state index is 13.0. The normalized spacial score (nSPS) is 11.2. The van der Waals surface area contributed by atoms with Crippen LogP contribution < -0.4 is 9.62 Å². The maximum Gasteiger partial charge on any atom is 0.245 e. The summed E-state index contributed by atoms with van der Waals surface area (Å²) in [5, 5.41) is 3.12. The van der Waals surface area contributed by atoms with E-state index in [4.69, 9.17) is 23.2 Å². The highest BCUT2D eigenvalue weighted by Gasteiger charge is 2.21. The Bertz CT molecular complexity index is 858. The monoisotopic (exact) mass is 390 g/mol. The van der Waals surface area contributed by atoms with Gasteiger partial charge in [0.05, 0.1) is 22.0 Å². The van der Waals surface area contributed by atoms with Crippen LogP contribution in [0.4, 0.5) is 15.8 Å². The van der Waals surface area contributed by atoms with Crippen LogP contribution in [0, 0.1) is 5.82 Å². The molecule has 0 aliphatic rings. The Balaban J connectivity index is 2.18. The summed E-state index contributed by atoms with van der Waals surface area (Å²) >= 11 is 11.7. The second-order valence-corrected chi connectivity index (χ2v) is 7.64. The molecule has 0 heterocycles. The molecule has 0 saturated heterocycles. The van der Waals surface area contributed by atoms with Gasteiger partial charge >= 0.3 is 0 Å². The molecule has 0 atom stereocenters. The van der Waals surface area contributed by atoms with E-state index < -0.39 is 28.3 Å². The van der Waals surface area contributed by atoms with Crippen molar-refractivity contribution in [1.29, 1.82) is 0 Å². The van der Waals surface area contributed by atoms with Crippen LogP contribution in [0.5, 0.6) is 0 Å². The average Bonchev–Trinajstić information content (AvgIpc) is 2.49. The van der Waals surface area contributed by atoms with Crippen molar-refractivity contribution in [3.8, 4) is 0 Å². The predicted octanol–water partition coefficient (Wildman–Crippen LogP) is 3.54. The molecule has 2 rings (SSSR count). The second-order valence-electron chi connectivity index (χ2n) is 4.92. The fraction of sp³-hybridized carbons (Fsp3) is 0.133. The zero-order valence-electron chi connectivity index (χ0n) is 12.5. The number of anilines is 2. The second kappa shape index (κ2) is 7.38. The van der Waals surface area contributed by atoms with Gasteiger partial charge in [0.2, 0.25) is 15.9 Å². The molecule has 1 amide bonds. The molecule has 5 nitrogen and oxygen atoms in total. The van der Waals surface area contributed by atoms with Gasteiger partial charge in [0.15, 0.2) is 0 Å². The zero-order chi connectivity index (χ0) is 17.9. The van der Waals surface area contributed by atoms with Gasteiger partial charge in [-0.05, 0) is 42.5 Å². The highest BCUT2D eigenvalue weighted by Crippen LogP contribution is 2.25. The van der Waals surface area contributed by atoms with Crippen LogP contribution in [0.3, 0.4) is 0 Å². The first kappa shape index (κ1) is 18.5. The van der Waals surface area contributed by atoms with E-state index in [-0.39, 0.29) is 10.7 Å². The number of sulfonamides is 1. The first-order chi connectivity index (χ1) is 11.2. The standard InChI is InChI=1S/C15H13Cl2FN2O3S/c1-24(22,23)20(12-5-2-10(18)3-6-12)9-15(21)19-11-4-7-13(16)14(17)8-11/h2-8H,9H2,1H3,(H,19,21). The van der Waals surface area contributed by atoms with E-state index in [1.165, 1.54) is 30.3 Å². The van der Waals surface area contributed by atoms with Crippen LogP contribution in [0.2, 0.25) is 10.0 Å². The van der Waals surface area contributed by atoms with Crippen LogP contribution in [-0.2, 0) is 14.8 Å². The third kappa shape index (κ3) is 4.83. The molecule has 2 aromatic carbocycles. The van der Waals surface area contributed by atoms with Gasteiger partial charge in [-0.1, -0.05) is 23.2 Å². The molecule has 0 aliphatic heterocycles. The van der Waals surface area contributed by atoms with Crippen molar-refractivity contribution in [2.75, 3.05) is 22.4 Å². The fourth-order valence-electron chi connectivity index (χ4n) is 1.91. The molecule has 0 fully saturated rings. The van der Waals surface area contributed by atoms with E-state index in [1.54, 1.807) is 0 Å². The summed E-state index contributed by atoms with van der Waals surface area (Å²) in [6.45, 7) is -0.468. The van der Waals surface area contributed by atoms with Crippen LogP contribution in [0.15, 0.2) is 42.5 Å². The highest BCUT2D eigenvalue weighted by atomic mass is 35.5.